The summed E-state index contributed by atoms with van der Waals surface area (Å²) in [6.45, 7) is 26.0. The third-order valence-electron chi connectivity index (χ3n) is 12.3. The molecule has 0 aromatic heterocycles. The van der Waals surface area contributed by atoms with Crippen LogP contribution >= 0.6 is 0 Å². The van der Waals surface area contributed by atoms with Crippen LogP contribution in [0.2, 0.25) is 0 Å². The number of carbonyl (C=O) groups excluding carboxylic acids is 2. The van der Waals surface area contributed by atoms with Crippen LogP contribution in [-0.2, 0) is 9.59 Å². The first-order valence-electron chi connectivity index (χ1n) is 13.5. The summed E-state index contributed by atoms with van der Waals surface area (Å²) in [5.41, 5.74) is 0.814. The van der Waals surface area contributed by atoms with Gasteiger partial charge >= 0.3 is 0 Å². The van der Waals surface area contributed by atoms with Gasteiger partial charge in [0.15, 0.2) is 11.6 Å². The number of hydrogen-bond acceptors (Lipinski definition) is 2. The van der Waals surface area contributed by atoms with Gasteiger partial charge in [-0.05, 0) is 84.5 Å². The van der Waals surface area contributed by atoms with Gasteiger partial charge in [-0.3, -0.25) is 4.79 Å². The lowest BCUT2D eigenvalue weighted by atomic mass is 9.34. The predicted octanol–water partition coefficient (Wildman–Crippen LogP) is 7.58. The fourth-order valence-electron chi connectivity index (χ4n) is 9.86. The van der Waals surface area contributed by atoms with E-state index in [4.69, 9.17) is 6.57 Å². The molecule has 34 heavy (non-hydrogen) atoms. The van der Waals surface area contributed by atoms with Crippen molar-refractivity contribution in [2.75, 3.05) is 0 Å². The summed E-state index contributed by atoms with van der Waals surface area (Å²) in [6, 6.07) is 0. The molecule has 3 heteroatoms. The largest absolute Gasteiger partial charge is 0.307 e. The average Bonchev–Trinajstić information content (AvgIpc) is 2.74. The van der Waals surface area contributed by atoms with E-state index in [1.54, 1.807) is 0 Å². The smallest absolute Gasteiger partial charge is 0.226 e. The predicted molar refractivity (Wildman–Crippen MR) is 136 cm³/mol. The minimum atomic E-state index is -0.592. The van der Waals surface area contributed by atoms with Crippen LogP contribution in [0.5, 0.6) is 0 Å². The van der Waals surface area contributed by atoms with Crippen molar-refractivity contribution in [1.29, 1.82) is 0 Å². The lowest BCUT2D eigenvalue weighted by Crippen LogP contribution is -2.64. The van der Waals surface area contributed by atoms with Gasteiger partial charge in [0.1, 0.15) is 0 Å². The zero-order valence-corrected chi connectivity index (χ0v) is 22.6. The van der Waals surface area contributed by atoms with E-state index in [1.165, 1.54) is 24.8 Å². The first-order chi connectivity index (χ1) is 15.6. The maximum absolute atomic E-state index is 14.2. The van der Waals surface area contributed by atoms with E-state index in [0.717, 1.165) is 25.7 Å². The van der Waals surface area contributed by atoms with Gasteiger partial charge in [0, 0.05) is 16.7 Å². The van der Waals surface area contributed by atoms with Crippen LogP contribution in [0.4, 0.5) is 0 Å². The second-order valence-electron chi connectivity index (χ2n) is 14.9. The molecule has 3 nitrogen and oxygen atoms in total. The molecule has 0 spiro atoms. The third kappa shape index (κ3) is 2.75. The molecule has 0 aromatic carbocycles. The van der Waals surface area contributed by atoms with Crippen LogP contribution in [0.25, 0.3) is 4.85 Å². The highest BCUT2D eigenvalue weighted by Gasteiger charge is 2.69. The number of nitrogens with zero attached hydrogens (tertiary/aromatic N) is 1. The summed E-state index contributed by atoms with van der Waals surface area (Å²) in [5, 5.41) is 0. The van der Waals surface area contributed by atoms with Gasteiger partial charge in [0.05, 0.1) is 6.57 Å². The fraction of sp³-hybridized carbons (Fsp3) is 0.774. The summed E-state index contributed by atoms with van der Waals surface area (Å²) >= 11 is 0. The zero-order valence-electron chi connectivity index (χ0n) is 22.6. The Bertz CT molecular complexity index is 1090. The topological polar surface area (TPSA) is 38.5 Å². The monoisotopic (exact) mass is 461 g/mol. The molecular weight excluding hydrogens is 418 g/mol. The van der Waals surface area contributed by atoms with Gasteiger partial charge in [-0.1, -0.05) is 67.0 Å². The molecule has 3 fully saturated rings. The Morgan fingerprint density at radius 1 is 0.912 bits per heavy atom. The SMILES string of the molecule is [C-]#[N+]C1=C[C@]2(C)C3=CC(=O)[C@@H]4C5CC(C)(C)CC[C@]5(C)CC[C@@]4(C)[C@]3(C)CC[C@H]2C(C)(C)C1=O. The summed E-state index contributed by atoms with van der Waals surface area (Å²) in [5.74, 6) is 0.910. The highest BCUT2D eigenvalue weighted by atomic mass is 16.1. The number of ketones is 2. The number of hydrogen-bond donors (Lipinski definition) is 0. The molecule has 0 aliphatic heterocycles. The van der Waals surface area contributed by atoms with Crippen LogP contribution in [0.1, 0.15) is 100 Å². The van der Waals surface area contributed by atoms with E-state index in [9.17, 15) is 9.59 Å². The van der Waals surface area contributed by atoms with Crippen molar-refractivity contribution in [3.63, 3.8) is 0 Å². The van der Waals surface area contributed by atoms with Crippen molar-refractivity contribution in [2.24, 2.45) is 50.2 Å². The third-order valence-corrected chi connectivity index (χ3v) is 12.3. The summed E-state index contributed by atoms with van der Waals surface area (Å²) in [6.07, 6.45) is 11.9. The minimum absolute atomic E-state index is 0.0294. The maximum atomic E-state index is 14.2. The van der Waals surface area contributed by atoms with Crippen molar-refractivity contribution in [2.45, 2.75) is 100 Å². The Morgan fingerprint density at radius 3 is 2.21 bits per heavy atom. The van der Waals surface area contributed by atoms with E-state index in [0.29, 0.717) is 11.7 Å². The number of rotatable bonds is 0. The van der Waals surface area contributed by atoms with Crippen LogP contribution in [0.15, 0.2) is 23.4 Å². The minimum Gasteiger partial charge on any atom is -0.307 e. The number of carbonyl (C=O) groups is 2. The molecule has 0 amide bonds. The molecule has 0 N–H and O–H groups in total. The molecule has 0 radical (unpaired) electrons. The molecule has 5 rings (SSSR count). The van der Waals surface area contributed by atoms with Gasteiger partial charge in [0.2, 0.25) is 5.70 Å². The summed E-state index contributed by atoms with van der Waals surface area (Å²) < 4.78 is 0. The van der Waals surface area contributed by atoms with Crippen molar-refractivity contribution < 1.29 is 9.59 Å². The van der Waals surface area contributed by atoms with Crippen molar-refractivity contribution in [3.05, 3.63) is 34.8 Å². The molecule has 7 atom stereocenters. The number of allylic oxidation sites excluding steroid dienone is 4. The zero-order chi connectivity index (χ0) is 25.1. The van der Waals surface area contributed by atoms with Crippen LogP contribution in [0, 0.1) is 56.8 Å². The molecule has 5 aliphatic rings. The van der Waals surface area contributed by atoms with E-state index >= 15 is 0 Å². The van der Waals surface area contributed by atoms with Crippen molar-refractivity contribution in [1.82, 2.24) is 0 Å². The standard InChI is InChI=1S/C31H43NO2/c1-26(2)12-13-28(5)14-15-31(8)24(19(28)17-26)21(33)16-23-29(6)18-20(32-9)25(34)27(3,4)22(29)10-11-30(23,31)7/h16,18-19,22,24H,10-15,17H2,1-8H3/t19?,22-,24-,28+,29-,30+,31+/m0/s1. The average molecular weight is 462 g/mol. The van der Waals surface area contributed by atoms with E-state index in [-0.39, 0.29) is 45.0 Å². The van der Waals surface area contributed by atoms with E-state index in [2.05, 4.69) is 46.4 Å². The van der Waals surface area contributed by atoms with Crippen LogP contribution in [0.3, 0.4) is 0 Å². The highest BCUT2D eigenvalue weighted by Crippen LogP contribution is 2.74. The molecule has 184 valence electrons. The van der Waals surface area contributed by atoms with E-state index < -0.39 is 10.8 Å². The molecule has 5 aliphatic carbocycles. The quantitative estimate of drug-likeness (QED) is 0.349. The molecule has 3 saturated carbocycles. The van der Waals surface area contributed by atoms with Crippen molar-refractivity contribution >= 4 is 11.6 Å². The first kappa shape index (κ1) is 24.0. The molecule has 0 saturated heterocycles. The molecule has 1 unspecified atom stereocenters. The Kier molecular flexibility index (Phi) is 4.77. The molecule has 0 aromatic rings. The molecule has 0 bridgehead atoms. The lowest BCUT2D eigenvalue weighted by Gasteiger charge is -2.69. The second-order valence-corrected chi connectivity index (χ2v) is 14.9. The summed E-state index contributed by atoms with van der Waals surface area (Å²) in [7, 11) is 0. The Morgan fingerprint density at radius 2 is 1.56 bits per heavy atom. The second kappa shape index (κ2) is 6.74. The van der Waals surface area contributed by atoms with E-state index in [1.807, 2.05) is 26.0 Å². The van der Waals surface area contributed by atoms with Crippen LogP contribution in [-0.4, -0.2) is 11.6 Å². The first-order valence-corrected chi connectivity index (χ1v) is 13.5. The summed E-state index contributed by atoms with van der Waals surface area (Å²) in [4.78, 5) is 31.0. The van der Waals surface area contributed by atoms with Gasteiger partial charge in [-0.2, -0.15) is 0 Å². The highest BCUT2D eigenvalue weighted by molar-refractivity contribution is 6.03. The number of Topliss-reactive ketones (excluding diaryl/α,β-unsaturated/α-hetero) is 1. The van der Waals surface area contributed by atoms with Gasteiger partial charge in [0.25, 0.3) is 0 Å². The lowest BCUT2D eigenvalue weighted by molar-refractivity contribution is -0.168. The Hall–Kier alpha value is -1.69. The normalized spacial score (nSPS) is 48.9. The number of fused-ring (bicyclic) bond motifs is 7. The molecular formula is C31H43NO2. The maximum Gasteiger partial charge on any atom is 0.226 e. The van der Waals surface area contributed by atoms with Gasteiger partial charge in [-0.25, -0.2) is 4.85 Å². The van der Waals surface area contributed by atoms with Crippen LogP contribution < -0.4 is 0 Å². The van der Waals surface area contributed by atoms with Gasteiger partial charge < -0.3 is 4.79 Å². The van der Waals surface area contributed by atoms with Gasteiger partial charge in [-0.15, -0.1) is 0 Å². The van der Waals surface area contributed by atoms with Crippen molar-refractivity contribution in [3.8, 4) is 0 Å². The fourth-order valence-corrected chi connectivity index (χ4v) is 9.86. The Balaban J connectivity index is 1.69. The molecule has 0 heterocycles. The Labute approximate surface area is 206 Å².